The first-order valence-corrected chi connectivity index (χ1v) is 22.1. The van der Waals surface area contributed by atoms with Crippen LogP contribution in [-0.2, 0) is 44.6 Å². The zero-order valence-electron chi connectivity index (χ0n) is 41.7. The first-order chi connectivity index (χ1) is 29.2. The van der Waals surface area contributed by atoms with Gasteiger partial charge in [-0.1, -0.05) is 120 Å². The van der Waals surface area contributed by atoms with Crippen molar-refractivity contribution in [2.24, 2.45) is 5.92 Å². The van der Waals surface area contributed by atoms with E-state index in [0.29, 0.717) is 27.7 Å². The minimum atomic E-state index is -2.44. The van der Waals surface area contributed by atoms with Crippen molar-refractivity contribution in [2.75, 3.05) is 0 Å². The van der Waals surface area contributed by atoms with Crippen molar-refractivity contribution in [1.82, 2.24) is 15.0 Å². The monoisotopic (exact) mass is 929 g/mol. The van der Waals surface area contributed by atoms with Gasteiger partial charge in [0.05, 0.1) is 19.4 Å². The van der Waals surface area contributed by atoms with Gasteiger partial charge in [-0.05, 0) is 83.1 Å². The molecule has 3 aromatic carbocycles. The van der Waals surface area contributed by atoms with Gasteiger partial charge < -0.3 is 14.4 Å². The van der Waals surface area contributed by atoms with Crippen LogP contribution < -0.4 is 5.19 Å². The maximum absolute atomic E-state index is 8.55. The molecule has 8 rings (SSSR count). The maximum Gasteiger partial charge on any atom is 0.216 e. The fourth-order valence-corrected chi connectivity index (χ4v) is 8.06. The van der Waals surface area contributed by atoms with Gasteiger partial charge in [-0.15, -0.1) is 53.6 Å². The number of hydrogen-bond acceptors (Lipinski definition) is 4. The van der Waals surface area contributed by atoms with Crippen molar-refractivity contribution >= 4 is 35.3 Å². The van der Waals surface area contributed by atoms with E-state index in [4.69, 9.17) is 21.7 Å². The average Bonchev–Trinajstić information content (AvgIpc) is 3.60. The molecule has 0 aliphatic heterocycles. The van der Waals surface area contributed by atoms with Crippen molar-refractivity contribution in [3.63, 3.8) is 0 Å². The van der Waals surface area contributed by atoms with Crippen LogP contribution in [0.3, 0.4) is 0 Å². The number of benzene rings is 3. The second kappa shape index (κ2) is 16.5. The fraction of sp³-hybridized carbons (Fsp3) is 0.327. The van der Waals surface area contributed by atoms with Gasteiger partial charge in [0.1, 0.15) is 0 Å². The first kappa shape index (κ1) is 30.0. The van der Waals surface area contributed by atoms with Gasteiger partial charge in [0.15, 0.2) is 0 Å². The Morgan fingerprint density at radius 3 is 2.31 bits per heavy atom. The molecular weight excluding hydrogens is 867 g/mol. The Labute approximate surface area is 355 Å². The van der Waals surface area contributed by atoms with Crippen molar-refractivity contribution in [3.8, 4) is 33.8 Å². The number of pyridine rings is 3. The Morgan fingerprint density at radius 1 is 0.891 bits per heavy atom. The third-order valence-corrected chi connectivity index (χ3v) is 11.5. The topological polar surface area (TPSA) is 51.8 Å². The largest absolute Gasteiger partial charge is 0.486 e. The van der Waals surface area contributed by atoms with E-state index < -0.39 is 34.0 Å². The number of aryl methyl sites for hydroxylation is 3. The number of aromatic nitrogens is 3. The third kappa shape index (κ3) is 8.93. The van der Waals surface area contributed by atoms with Gasteiger partial charge in [-0.25, -0.2) is 4.98 Å². The number of hydrogen-bond donors (Lipinski definition) is 0. The zero-order valence-corrected chi connectivity index (χ0v) is 36.1. The van der Waals surface area contributed by atoms with E-state index in [1.807, 2.05) is 74.6 Å². The molecule has 4 heterocycles. The van der Waals surface area contributed by atoms with Crippen LogP contribution >= 0.6 is 0 Å². The third-order valence-electron chi connectivity index (χ3n) is 9.52. The van der Waals surface area contributed by atoms with Crippen LogP contribution in [0, 0.1) is 24.9 Å². The van der Waals surface area contributed by atoms with Crippen LogP contribution in [0.2, 0.25) is 19.6 Å². The van der Waals surface area contributed by atoms with Crippen molar-refractivity contribution < 1.29 is 36.9 Å². The summed E-state index contributed by atoms with van der Waals surface area (Å²) in [5.41, 5.74) is 7.02. The van der Waals surface area contributed by atoms with Crippen LogP contribution in [0.1, 0.15) is 87.6 Å². The molecule has 0 fully saturated rings. The van der Waals surface area contributed by atoms with E-state index in [0.717, 1.165) is 27.6 Å². The van der Waals surface area contributed by atoms with Crippen LogP contribution in [-0.4, -0.2) is 23.0 Å². The van der Waals surface area contributed by atoms with E-state index in [9.17, 15) is 0 Å². The van der Waals surface area contributed by atoms with E-state index in [-0.39, 0.29) is 72.3 Å². The molecule has 6 heteroatoms. The Morgan fingerprint density at radius 2 is 1.64 bits per heavy atom. The molecule has 0 atom stereocenters. The minimum Gasteiger partial charge on any atom is -0.486 e. The summed E-state index contributed by atoms with van der Waals surface area (Å²) >= 11 is 0. The first-order valence-electron chi connectivity index (χ1n) is 23.1. The normalized spacial score (nSPS) is 17.7. The summed E-state index contributed by atoms with van der Waals surface area (Å²) in [7, 11) is -1.67. The second-order valence-electron chi connectivity index (χ2n) is 16.2. The molecule has 1 aliphatic rings. The van der Waals surface area contributed by atoms with E-state index in [1.54, 1.807) is 0 Å². The van der Waals surface area contributed by atoms with Crippen LogP contribution in [0.25, 0.3) is 55.8 Å². The van der Waals surface area contributed by atoms with Gasteiger partial charge in [0, 0.05) is 55.8 Å². The van der Waals surface area contributed by atoms with Gasteiger partial charge >= 0.3 is 0 Å². The summed E-state index contributed by atoms with van der Waals surface area (Å²) in [6.45, 7) is 14.6. The quantitative estimate of drug-likeness (QED) is 0.123. The smallest absolute Gasteiger partial charge is 0.216 e. The Bertz CT molecular complexity index is 2810. The average molecular weight is 929 g/mol. The van der Waals surface area contributed by atoms with Gasteiger partial charge in [-0.2, -0.15) is 0 Å². The van der Waals surface area contributed by atoms with Crippen LogP contribution in [0.15, 0.2) is 95.7 Å². The summed E-state index contributed by atoms with van der Waals surface area (Å²) in [5, 5.41) is 2.03. The zero-order chi connectivity index (χ0) is 46.1. The summed E-state index contributed by atoms with van der Waals surface area (Å²) in [6, 6.07) is 30.6. The van der Waals surface area contributed by atoms with E-state index in [1.165, 1.54) is 23.9 Å². The van der Waals surface area contributed by atoms with E-state index >= 15 is 0 Å². The van der Waals surface area contributed by atoms with Crippen molar-refractivity contribution in [1.29, 1.82) is 0 Å². The second-order valence-corrected chi connectivity index (χ2v) is 21.2. The molecule has 0 saturated heterocycles. The maximum atomic E-state index is 8.55. The van der Waals surface area contributed by atoms with Crippen molar-refractivity contribution in [2.45, 2.75) is 98.5 Å². The molecule has 4 aromatic heterocycles. The Balaban J connectivity index is 0.000000251. The molecule has 1 radical (unpaired) electrons. The molecule has 0 bridgehead atoms. The summed E-state index contributed by atoms with van der Waals surface area (Å²) in [4.78, 5) is 13.8. The summed E-state index contributed by atoms with van der Waals surface area (Å²) < 4.78 is 81.6. The number of rotatable bonds is 6. The molecule has 55 heavy (non-hydrogen) atoms. The molecule has 1 aliphatic carbocycles. The van der Waals surface area contributed by atoms with Crippen LogP contribution in [0.4, 0.5) is 0 Å². The number of fused-ring (bicyclic) bond motifs is 4. The van der Waals surface area contributed by atoms with Gasteiger partial charge in [0.2, 0.25) is 5.71 Å². The molecule has 7 aromatic rings. The fourth-order valence-electron chi connectivity index (χ4n) is 6.65. The Hall–Kier alpha value is -4.22. The molecule has 0 unspecified atom stereocenters. The summed E-state index contributed by atoms with van der Waals surface area (Å²) in [6.07, 6.45) is -1.42. The van der Waals surface area contributed by atoms with Crippen molar-refractivity contribution in [3.05, 3.63) is 131 Å². The number of furan rings is 1. The molecular formula is C49H53IrN3OSi-2. The predicted molar refractivity (Wildman–Crippen MR) is 229 cm³/mol. The Kier molecular flexibility index (Phi) is 8.98. The molecule has 4 nitrogen and oxygen atoms in total. The minimum absolute atomic E-state index is 0. The SMILES string of the molecule is [2H]C([2H])([2H])c1c[c-]c(-c2cc3c(cn2)C([2H])([2H])CCC3([2H])[2H])c2oc3nc(-c4ccc(C(C)(C)C)cc4)ccc3c12.[2H]C([2H])(c1cc(-c2[c-]cccc2)ncc1[Si](C)(C)C)C(C)C.[Ir]. The molecule has 285 valence electrons. The molecule has 0 amide bonds. The van der Waals surface area contributed by atoms with Gasteiger partial charge in [-0.3, -0.25) is 0 Å². The molecule has 0 saturated carbocycles. The molecule has 0 N–H and O–H groups in total. The van der Waals surface area contributed by atoms with Gasteiger partial charge in [0.25, 0.3) is 0 Å². The molecule has 0 spiro atoms. The van der Waals surface area contributed by atoms with E-state index in [2.05, 4.69) is 74.6 Å². The standard InChI is InChI=1S/C31H29N2O.C18H24NSi.Ir/c1-19-9-14-24(27-17-21-7-5-6-8-22(21)18-32-27)29-28(19)25-15-16-26(33-30(25)34-29)20-10-12-23(13-11-20)31(2,3)4;1-14(2)11-16-12-17(15-9-7-6-8-10-15)19-13-18(16)20(3,4)5;/h9-13,15-18H,5-8H2,1-4H3;6-9,12-14H,11H2,1-5H3;/q2*-1;/i1D3,7D2,8D2;11D2;. The number of nitrogens with zero attached hydrogens (tertiary/aromatic N) is 3. The predicted octanol–water partition coefficient (Wildman–Crippen LogP) is 12.3. The van der Waals surface area contributed by atoms with Crippen LogP contribution in [0.5, 0.6) is 0 Å². The summed E-state index contributed by atoms with van der Waals surface area (Å²) in [5.74, 6) is -0.0856.